The van der Waals surface area contributed by atoms with Gasteiger partial charge in [-0.15, -0.1) is 10.2 Å². The summed E-state index contributed by atoms with van der Waals surface area (Å²) in [6.45, 7) is 2.20. The molecule has 1 aromatic heterocycles. The molecule has 1 N–H and O–H groups in total. The second kappa shape index (κ2) is 7.70. The smallest absolute Gasteiger partial charge is 0.253 e. The highest BCUT2D eigenvalue weighted by atomic mass is 32.2. The third-order valence-electron chi connectivity index (χ3n) is 2.46. The van der Waals surface area contributed by atoms with Gasteiger partial charge in [-0.1, -0.05) is 11.8 Å². The van der Waals surface area contributed by atoms with E-state index in [2.05, 4.69) is 15.7 Å². The number of amides is 1. The van der Waals surface area contributed by atoms with Gasteiger partial charge in [0.25, 0.3) is 5.91 Å². The highest BCUT2D eigenvalue weighted by Gasteiger charge is 2.05. The van der Waals surface area contributed by atoms with Crippen molar-refractivity contribution in [3.05, 3.63) is 42.2 Å². The molecule has 5 nitrogen and oxygen atoms in total. The Hall–Kier alpha value is -1.99. The van der Waals surface area contributed by atoms with E-state index in [-0.39, 0.29) is 17.5 Å². The van der Waals surface area contributed by atoms with Gasteiger partial charge < -0.3 is 0 Å². The Bertz CT molecular complexity index is 590. The molecule has 0 aliphatic carbocycles. The second-order valence-corrected chi connectivity index (χ2v) is 5.01. The maximum absolute atomic E-state index is 12.8. The van der Waals surface area contributed by atoms with Gasteiger partial charge in [0.1, 0.15) is 10.8 Å². The number of thioether (sulfide) groups is 1. The zero-order chi connectivity index (χ0) is 15.1. The Balaban J connectivity index is 1.93. The minimum Gasteiger partial charge on any atom is -0.274 e. The first-order valence-electron chi connectivity index (χ1n) is 6.32. The first kappa shape index (κ1) is 15.4. The summed E-state index contributed by atoms with van der Waals surface area (Å²) in [7, 11) is 0. The number of nitrogens with zero attached hydrogens (tertiary/aromatic N) is 2. The number of hydroxylamine groups is 1. The van der Waals surface area contributed by atoms with Gasteiger partial charge in [-0.25, -0.2) is 9.87 Å². The summed E-state index contributed by atoms with van der Waals surface area (Å²) in [6, 6.07) is 9.58. The lowest BCUT2D eigenvalue weighted by Gasteiger charge is -2.04. The molecule has 21 heavy (non-hydrogen) atoms. The normalized spacial score (nSPS) is 10.4. The van der Waals surface area contributed by atoms with E-state index in [1.54, 1.807) is 31.2 Å². The molecule has 0 saturated carbocycles. The van der Waals surface area contributed by atoms with Gasteiger partial charge in [0.15, 0.2) is 0 Å². The minimum atomic E-state index is -0.292. The molecule has 0 aliphatic rings. The molecule has 1 amide bonds. The minimum absolute atomic E-state index is 0.199. The molecular formula is C14H14FN3O2S. The van der Waals surface area contributed by atoms with Crippen molar-refractivity contribution in [2.45, 2.75) is 11.9 Å². The molecule has 1 aromatic carbocycles. The highest BCUT2D eigenvalue weighted by Crippen LogP contribution is 2.19. The predicted molar refractivity (Wildman–Crippen MR) is 77.9 cm³/mol. The fraction of sp³-hybridized carbons (Fsp3) is 0.214. The number of hydrogen-bond donors (Lipinski definition) is 1. The molecule has 0 saturated heterocycles. The molecular weight excluding hydrogens is 293 g/mol. The molecule has 2 rings (SSSR count). The standard InChI is InChI=1S/C14H14FN3O2S/c1-2-20-18-13(19)9-21-14-8-7-12(16-17-14)10-3-5-11(15)6-4-10/h3-8H,2,9H2,1H3,(H,18,19). The summed E-state index contributed by atoms with van der Waals surface area (Å²) in [6.07, 6.45) is 0. The lowest BCUT2D eigenvalue weighted by atomic mass is 10.1. The summed E-state index contributed by atoms with van der Waals surface area (Å²) in [5.74, 6) is -0.324. The lowest BCUT2D eigenvalue weighted by Crippen LogP contribution is -2.25. The van der Waals surface area contributed by atoms with Crippen LogP contribution in [0.2, 0.25) is 0 Å². The van der Waals surface area contributed by atoms with E-state index in [1.165, 1.54) is 23.9 Å². The van der Waals surface area contributed by atoms with Gasteiger partial charge in [0, 0.05) is 5.56 Å². The number of benzene rings is 1. The molecule has 7 heteroatoms. The first-order chi connectivity index (χ1) is 10.2. The molecule has 0 bridgehead atoms. The average Bonchev–Trinajstić information content (AvgIpc) is 2.52. The third-order valence-corrected chi connectivity index (χ3v) is 3.38. The molecule has 0 atom stereocenters. The van der Waals surface area contributed by atoms with Crippen LogP contribution in [0.5, 0.6) is 0 Å². The van der Waals surface area contributed by atoms with Gasteiger partial charge in [-0.2, -0.15) is 0 Å². The molecule has 2 aromatic rings. The van der Waals surface area contributed by atoms with Crippen LogP contribution in [0, 0.1) is 5.82 Å². The van der Waals surface area contributed by atoms with Gasteiger partial charge in [-0.05, 0) is 43.3 Å². The average molecular weight is 307 g/mol. The molecule has 1 heterocycles. The van der Waals surface area contributed by atoms with Crippen LogP contribution < -0.4 is 5.48 Å². The van der Waals surface area contributed by atoms with Crippen molar-refractivity contribution in [3.8, 4) is 11.3 Å². The van der Waals surface area contributed by atoms with E-state index in [9.17, 15) is 9.18 Å². The SMILES string of the molecule is CCONC(=O)CSc1ccc(-c2ccc(F)cc2)nn1. The number of rotatable bonds is 6. The fourth-order valence-corrected chi connectivity index (χ4v) is 2.09. The molecule has 0 fully saturated rings. The van der Waals surface area contributed by atoms with E-state index < -0.39 is 0 Å². The lowest BCUT2D eigenvalue weighted by molar-refractivity contribution is -0.130. The summed E-state index contributed by atoms with van der Waals surface area (Å²) in [5.41, 5.74) is 3.74. The maximum atomic E-state index is 12.8. The first-order valence-corrected chi connectivity index (χ1v) is 7.30. The topological polar surface area (TPSA) is 64.1 Å². The molecule has 0 aliphatic heterocycles. The van der Waals surface area contributed by atoms with Crippen LogP contribution in [-0.4, -0.2) is 28.5 Å². The van der Waals surface area contributed by atoms with Crippen molar-refractivity contribution >= 4 is 17.7 Å². The summed E-state index contributed by atoms with van der Waals surface area (Å²) in [4.78, 5) is 16.1. The van der Waals surface area contributed by atoms with Crippen molar-refractivity contribution < 1.29 is 14.0 Å². The van der Waals surface area contributed by atoms with E-state index in [0.29, 0.717) is 17.3 Å². The zero-order valence-electron chi connectivity index (χ0n) is 11.4. The van der Waals surface area contributed by atoms with Crippen molar-refractivity contribution in [2.75, 3.05) is 12.4 Å². The van der Waals surface area contributed by atoms with Crippen LogP contribution in [0.1, 0.15) is 6.92 Å². The van der Waals surface area contributed by atoms with Gasteiger partial charge in [0.05, 0.1) is 18.1 Å². The van der Waals surface area contributed by atoms with Crippen LogP contribution in [-0.2, 0) is 9.63 Å². The molecule has 110 valence electrons. The van der Waals surface area contributed by atoms with E-state index in [4.69, 9.17) is 4.84 Å². The summed E-state index contributed by atoms with van der Waals surface area (Å²) >= 11 is 1.26. The zero-order valence-corrected chi connectivity index (χ0v) is 12.2. The van der Waals surface area contributed by atoms with E-state index in [1.807, 2.05) is 0 Å². The number of carbonyl (C=O) groups excluding carboxylic acids is 1. The Kier molecular flexibility index (Phi) is 5.65. The largest absolute Gasteiger partial charge is 0.274 e. The second-order valence-electron chi connectivity index (χ2n) is 4.01. The third kappa shape index (κ3) is 4.80. The van der Waals surface area contributed by atoms with Crippen LogP contribution >= 0.6 is 11.8 Å². The predicted octanol–water partition coefficient (Wildman–Crippen LogP) is 2.44. The maximum Gasteiger partial charge on any atom is 0.253 e. The van der Waals surface area contributed by atoms with E-state index in [0.717, 1.165) is 5.56 Å². The fourth-order valence-electron chi connectivity index (χ4n) is 1.49. The van der Waals surface area contributed by atoms with E-state index >= 15 is 0 Å². The number of carbonyl (C=O) groups is 1. The van der Waals surface area contributed by atoms with Crippen molar-refractivity contribution in [2.24, 2.45) is 0 Å². The quantitative estimate of drug-likeness (QED) is 0.656. The Morgan fingerprint density at radius 1 is 1.24 bits per heavy atom. The summed E-state index contributed by atoms with van der Waals surface area (Å²) in [5, 5.41) is 8.72. The summed E-state index contributed by atoms with van der Waals surface area (Å²) < 4.78 is 12.8. The van der Waals surface area contributed by atoms with Crippen LogP contribution in [0.25, 0.3) is 11.3 Å². The van der Waals surface area contributed by atoms with Gasteiger partial charge in [0.2, 0.25) is 0 Å². The number of hydrogen-bond acceptors (Lipinski definition) is 5. The van der Waals surface area contributed by atoms with Crippen molar-refractivity contribution in [1.29, 1.82) is 0 Å². The van der Waals surface area contributed by atoms with Crippen LogP contribution in [0.3, 0.4) is 0 Å². The molecule has 0 spiro atoms. The van der Waals surface area contributed by atoms with Gasteiger partial charge >= 0.3 is 0 Å². The number of halogens is 1. The molecule has 0 radical (unpaired) electrons. The Labute approximate surface area is 125 Å². The van der Waals surface area contributed by atoms with Crippen molar-refractivity contribution in [3.63, 3.8) is 0 Å². The Morgan fingerprint density at radius 3 is 2.62 bits per heavy atom. The highest BCUT2D eigenvalue weighted by molar-refractivity contribution is 7.99. The Morgan fingerprint density at radius 2 is 2.00 bits per heavy atom. The van der Waals surface area contributed by atoms with Crippen molar-refractivity contribution in [1.82, 2.24) is 15.7 Å². The monoisotopic (exact) mass is 307 g/mol. The van der Waals surface area contributed by atoms with Gasteiger partial charge in [-0.3, -0.25) is 9.63 Å². The van der Waals surface area contributed by atoms with Crippen LogP contribution in [0.4, 0.5) is 4.39 Å². The number of nitrogens with one attached hydrogen (secondary N) is 1. The van der Waals surface area contributed by atoms with Crippen LogP contribution in [0.15, 0.2) is 41.4 Å². The molecule has 0 unspecified atom stereocenters. The number of aromatic nitrogens is 2.